The van der Waals surface area contributed by atoms with Gasteiger partial charge in [0.25, 0.3) is 0 Å². The number of halogens is 1. The SMILES string of the molecule is C1CNCC(CCN2CCOCC2)C1.Cl. The molecule has 0 aromatic heterocycles. The number of hydrogen-bond donors (Lipinski definition) is 1. The second-order valence-corrected chi connectivity index (χ2v) is 4.46. The number of ether oxygens (including phenoxy) is 1. The Hall–Kier alpha value is 0.170. The average Bonchev–Trinajstić information content (AvgIpc) is 2.29. The normalized spacial score (nSPS) is 28.4. The maximum atomic E-state index is 5.34. The van der Waals surface area contributed by atoms with Gasteiger partial charge in [-0.25, -0.2) is 0 Å². The monoisotopic (exact) mass is 234 g/mol. The fraction of sp³-hybridized carbons (Fsp3) is 1.00. The molecule has 2 rings (SSSR count). The van der Waals surface area contributed by atoms with Gasteiger partial charge in [0.2, 0.25) is 0 Å². The maximum Gasteiger partial charge on any atom is 0.0594 e. The van der Waals surface area contributed by atoms with E-state index < -0.39 is 0 Å². The molecule has 0 amide bonds. The highest BCUT2D eigenvalue weighted by Gasteiger charge is 2.15. The first-order valence-electron chi connectivity index (χ1n) is 5.96. The Morgan fingerprint density at radius 2 is 2.07 bits per heavy atom. The van der Waals surface area contributed by atoms with Gasteiger partial charge in [0.1, 0.15) is 0 Å². The van der Waals surface area contributed by atoms with Crippen molar-refractivity contribution in [3.63, 3.8) is 0 Å². The number of piperidine rings is 1. The van der Waals surface area contributed by atoms with E-state index in [2.05, 4.69) is 10.2 Å². The molecule has 0 spiro atoms. The Balaban J connectivity index is 0.00000112. The van der Waals surface area contributed by atoms with Crippen LogP contribution in [0.1, 0.15) is 19.3 Å². The van der Waals surface area contributed by atoms with Crippen molar-refractivity contribution < 1.29 is 4.74 Å². The molecule has 2 fully saturated rings. The molecule has 2 heterocycles. The summed E-state index contributed by atoms with van der Waals surface area (Å²) in [5, 5.41) is 3.48. The standard InChI is InChI=1S/C11H22N2O.ClH/c1-2-11(10-12-4-1)3-5-13-6-8-14-9-7-13;/h11-12H,1-10H2;1H. The van der Waals surface area contributed by atoms with E-state index in [0.29, 0.717) is 0 Å². The molecular weight excluding hydrogens is 212 g/mol. The van der Waals surface area contributed by atoms with Gasteiger partial charge in [-0.2, -0.15) is 0 Å². The van der Waals surface area contributed by atoms with Crippen molar-refractivity contribution in [1.82, 2.24) is 10.2 Å². The molecule has 0 saturated carbocycles. The van der Waals surface area contributed by atoms with Gasteiger partial charge in [-0.1, -0.05) is 0 Å². The summed E-state index contributed by atoms with van der Waals surface area (Å²) in [6.45, 7) is 7.89. The van der Waals surface area contributed by atoms with E-state index in [0.717, 1.165) is 32.2 Å². The van der Waals surface area contributed by atoms with Crippen LogP contribution in [0.15, 0.2) is 0 Å². The van der Waals surface area contributed by atoms with Crippen molar-refractivity contribution >= 4 is 12.4 Å². The molecule has 1 N–H and O–H groups in total. The molecule has 0 aliphatic carbocycles. The zero-order valence-electron chi connectivity index (χ0n) is 9.41. The Morgan fingerprint density at radius 3 is 2.73 bits per heavy atom. The number of rotatable bonds is 3. The second kappa shape index (κ2) is 7.44. The van der Waals surface area contributed by atoms with E-state index in [1.807, 2.05) is 0 Å². The largest absolute Gasteiger partial charge is 0.379 e. The average molecular weight is 235 g/mol. The minimum atomic E-state index is 0. The highest BCUT2D eigenvalue weighted by molar-refractivity contribution is 5.85. The van der Waals surface area contributed by atoms with Gasteiger partial charge in [-0.05, 0) is 44.8 Å². The zero-order chi connectivity index (χ0) is 9.64. The van der Waals surface area contributed by atoms with Crippen molar-refractivity contribution in [2.24, 2.45) is 5.92 Å². The molecule has 2 aliphatic heterocycles. The quantitative estimate of drug-likeness (QED) is 0.793. The Bertz CT molecular complexity index is 139. The van der Waals surface area contributed by atoms with Crippen LogP contribution in [0.25, 0.3) is 0 Å². The highest BCUT2D eigenvalue weighted by atomic mass is 35.5. The van der Waals surface area contributed by atoms with Gasteiger partial charge in [0.15, 0.2) is 0 Å². The van der Waals surface area contributed by atoms with Crippen molar-refractivity contribution in [2.45, 2.75) is 19.3 Å². The molecule has 0 radical (unpaired) electrons. The Morgan fingerprint density at radius 1 is 1.27 bits per heavy atom. The van der Waals surface area contributed by atoms with Gasteiger partial charge in [-0.3, -0.25) is 4.90 Å². The predicted octanol–water partition coefficient (Wildman–Crippen LogP) is 1.13. The molecule has 3 nitrogen and oxygen atoms in total. The number of morpholine rings is 1. The van der Waals surface area contributed by atoms with Gasteiger partial charge in [-0.15, -0.1) is 12.4 Å². The van der Waals surface area contributed by atoms with E-state index in [-0.39, 0.29) is 12.4 Å². The molecule has 2 aliphatic rings. The minimum absolute atomic E-state index is 0. The molecule has 2 saturated heterocycles. The van der Waals surface area contributed by atoms with Crippen molar-refractivity contribution in [3.8, 4) is 0 Å². The molecule has 0 aromatic rings. The first-order chi connectivity index (χ1) is 6.95. The van der Waals surface area contributed by atoms with Crippen molar-refractivity contribution in [1.29, 1.82) is 0 Å². The van der Waals surface area contributed by atoms with Crippen LogP contribution >= 0.6 is 12.4 Å². The van der Waals surface area contributed by atoms with Gasteiger partial charge in [0, 0.05) is 13.1 Å². The van der Waals surface area contributed by atoms with Crippen LogP contribution in [0, 0.1) is 5.92 Å². The van der Waals surface area contributed by atoms with Crippen LogP contribution in [0.5, 0.6) is 0 Å². The van der Waals surface area contributed by atoms with E-state index in [1.54, 1.807) is 0 Å². The number of nitrogens with one attached hydrogen (secondary N) is 1. The van der Waals surface area contributed by atoms with E-state index in [4.69, 9.17) is 4.74 Å². The highest BCUT2D eigenvalue weighted by Crippen LogP contribution is 2.14. The van der Waals surface area contributed by atoms with Crippen molar-refractivity contribution in [3.05, 3.63) is 0 Å². The predicted molar refractivity (Wildman–Crippen MR) is 64.7 cm³/mol. The summed E-state index contributed by atoms with van der Waals surface area (Å²) in [5.74, 6) is 0.923. The summed E-state index contributed by atoms with van der Waals surface area (Å²) in [6, 6.07) is 0. The third-order valence-electron chi connectivity index (χ3n) is 3.36. The van der Waals surface area contributed by atoms with Gasteiger partial charge >= 0.3 is 0 Å². The first-order valence-corrected chi connectivity index (χ1v) is 5.96. The smallest absolute Gasteiger partial charge is 0.0594 e. The van der Waals surface area contributed by atoms with Gasteiger partial charge < -0.3 is 10.1 Å². The molecule has 0 bridgehead atoms. The Labute approximate surface area is 99.0 Å². The maximum absolute atomic E-state index is 5.34. The summed E-state index contributed by atoms with van der Waals surface area (Å²) >= 11 is 0. The van der Waals surface area contributed by atoms with E-state index >= 15 is 0 Å². The lowest BCUT2D eigenvalue weighted by molar-refractivity contribution is 0.0349. The van der Waals surface area contributed by atoms with Crippen LogP contribution in [0.2, 0.25) is 0 Å². The lowest BCUT2D eigenvalue weighted by atomic mass is 9.96. The minimum Gasteiger partial charge on any atom is -0.379 e. The molecule has 1 unspecified atom stereocenters. The Kier molecular flexibility index (Phi) is 6.57. The summed E-state index contributed by atoms with van der Waals surface area (Å²) in [6.07, 6.45) is 4.16. The molecule has 4 heteroatoms. The number of hydrogen-bond acceptors (Lipinski definition) is 3. The van der Waals surface area contributed by atoms with E-state index in [9.17, 15) is 0 Å². The lowest BCUT2D eigenvalue weighted by Crippen LogP contribution is -2.39. The molecule has 1 atom stereocenters. The molecule has 90 valence electrons. The zero-order valence-corrected chi connectivity index (χ0v) is 10.2. The van der Waals surface area contributed by atoms with Crippen LogP contribution in [-0.2, 0) is 4.74 Å². The van der Waals surface area contributed by atoms with Crippen LogP contribution in [0.4, 0.5) is 0 Å². The molecule has 15 heavy (non-hydrogen) atoms. The van der Waals surface area contributed by atoms with Crippen LogP contribution < -0.4 is 5.32 Å². The van der Waals surface area contributed by atoms with Gasteiger partial charge in [0.05, 0.1) is 13.2 Å². The third-order valence-corrected chi connectivity index (χ3v) is 3.36. The topological polar surface area (TPSA) is 24.5 Å². The van der Waals surface area contributed by atoms with E-state index in [1.165, 1.54) is 38.9 Å². The lowest BCUT2D eigenvalue weighted by Gasteiger charge is -2.29. The third kappa shape index (κ3) is 4.68. The fourth-order valence-corrected chi connectivity index (χ4v) is 2.36. The first kappa shape index (κ1) is 13.2. The summed E-state index contributed by atoms with van der Waals surface area (Å²) in [4.78, 5) is 2.54. The van der Waals surface area contributed by atoms with Crippen LogP contribution in [0.3, 0.4) is 0 Å². The summed E-state index contributed by atoms with van der Waals surface area (Å²) in [5.41, 5.74) is 0. The molecule has 0 aromatic carbocycles. The summed E-state index contributed by atoms with van der Waals surface area (Å²) in [7, 11) is 0. The summed E-state index contributed by atoms with van der Waals surface area (Å²) < 4.78 is 5.34. The fourth-order valence-electron chi connectivity index (χ4n) is 2.36. The number of nitrogens with zero attached hydrogens (tertiary/aromatic N) is 1. The molecular formula is C11H23ClN2O. The van der Waals surface area contributed by atoms with Crippen molar-refractivity contribution in [2.75, 3.05) is 45.9 Å². The second-order valence-electron chi connectivity index (χ2n) is 4.46. The van der Waals surface area contributed by atoms with Crippen LogP contribution in [-0.4, -0.2) is 50.8 Å².